The Kier molecular flexibility index (Phi) is 6.51. The predicted octanol–water partition coefficient (Wildman–Crippen LogP) is 1.91. The van der Waals surface area contributed by atoms with Crippen LogP contribution in [0.1, 0.15) is 6.92 Å². The van der Waals surface area contributed by atoms with Crippen LogP contribution in [-0.2, 0) is 31.3 Å². The van der Waals surface area contributed by atoms with E-state index in [-0.39, 0.29) is 52.4 Å². The zero-order chi connectivity index (χ0) is 23.8. The number of methoxy groups -OCH3 is 1. The van der Waals surface area contributed by atoms with Gasteiger partial charge in [0.2, 0.25) is 10.0 Å². The second kappa shape index (κ2) is 9.06. The van der Waals surface area contributed by atoms with Gasteiger partial charge < -0.3 is 9.47 Å². The van der Waals surface area contributed by atoms with Gasteiger partial charge in [-0.3, -0.25) is 14.1 Å². The maximum Gasteiger partial charge on any atom is 0.308 e. The molecule has 0 spiro atoms. The van der Waals surface area contributed by atoms with Crippen LogP contribution >= 0.6 is 11.3 Å². The lowest BCUT2D eigenvalue weighted by molar-refractivity contribution is 0.0729. The van der Waals surface area contributed by atoms with Crippen LogP contribution in [0.5, 0.6) is 5.75 Å². The highest BCUT2D eigenvalue weighted by Gasteiger charge is 2.30. The number of morpholine rings is 1. The lowest BCUT2D eigenvalue weighted by Gasteiger charge is -2.26. The molecule has 1 N–H and O–H groups in total. The van der Waals surface area contributed by atoms with Gasteiger partial charge in [0.05, 0.1) is 41.1 Å². The zero-order valence-electron chi connectivity index (χ0n) is 18.0. The Morgan fingerprint density at radius 2 is 1.82 bits per heavy atom. The molecule has 1 fully saturated rings. The highest BCUT2D eigenvalue weighted by atomic mass is 32.2. The van der Waals surface area contributed by atoms with Crippen LogP contribution in [0.15, 0.2) is 51.0 Å². The lowest BCUT2D eigenvalue weighted by atomic mass is 10.3. The van der Waals surface area contributed by atoms with Crippen molar-refractivity contribution in [1.29, 1.82) is 0 Å². The lowest BCUT2D eigenvalue weighted by Crippen LogP contribution is -2.40. The van der Waals surface area contributed by atoms with E-state index in [9.17, 15) is 21.6 Å². The van der Waals surface area contributed by atoms with Gasteiger partial charge in [0, 0.05) is 19.6 Å². The minimum atomic E-state index is -4.05. The second-order valence-electron chi connectivity index (χ2n) is 7.23. The van der Waals surface area contributed by atoms with Crippen molar-refractivity contribution in [3.05, 3.63) is 46.1 Å². The molecule has 2 heterocycles. The van der Waals surface area contributed by atoms with E-state index >= 15 is 0 Å². The Morgan fingerprint density at radius 3 is 2.48 bits per heavy atom. The molecule has 13 heteroatoms. The third-order valence-electron chi connectivity index (χ3n) is 5.27. The molecule has 1 aliphatic heterocycles. The van der Waals surface area contributed by atoms with Crippen molar-refractivity contribution < 1.29 is 26.3 Å². The average Bonchev–Trinajstić information content (AvgIpc) is 3.13. The van der Waals surface area contributed by atoms with Gasteiger partial charge in [0.25, 0.3) is 10.0 Å². The molecule has 178 valence electrons. The van der Waals surface area contributed by atoms with Crippen molar-refractivity contribution >= 4 is 47.3 Å². The molecule has 0 saturated carbocycles. The van der Waals surface area contributed by atoms with Crippen molar-refractivity contribution in [2.45, 2.75) is 23.3 Å². The summed E-state index contributed by atoms with van der Waals surface area (Å²) in [6, 6.07) is 8.52. The number of ether oxygens (including phenoxy) is 2. The number of aromatic nitrogens is 1. The summed E-state index contributed by atoms with van der Waals surface area (Å²) in [6.07, 6.45) is 0. The third-order valence-corrected chi connectivity index (χ3v) is 9.51. The van der Waals surface area contributed by atoms with E-state index in [1.165, 1.54) is 41.7 Å². The van der Waals surface area contributed by atoms with Crippen LogP contribution in [0.4, 0.5) is 5.69 Å². The molecule has 1 saturated heterocycles. The molecule has 0 amide bonds. The molecule has 10 nitrogen and oxygen atoms in total. The minimum absolute atomic E-state index is 0.0343. The summed E-state index contributed by atoms with van der Waals surface area (Å²) in [7, 11) is -6.62. The Balaban J connectivity index is 1.69. The average molecular weight is 514 g/mol. The second-order valence-corrected chi connectivity index (χ2v) is 11.8. The quantitative estimate of drug-likeness (QED) is 0.512. The molecule has 0 aliphatic carbocycles. The topological polar surface area (TPSA) is 124 Å². The first-order valence-electron chi connectivity index (χ1n) is 10.1. The van der Waals surface area contributed by atoms with Crippen molar-refractivity contribution in [2.75, 3.05) is 38.1 Å². The van der Waals surface area contributed by atoms with Gasteiger partial charge in [-0.15, -0.1) is 0 Å². The molecule has 1 aromatic heterocycles. The number of hydrogen-bond donors (Lipinski definition) is 1. The number of fused-ring (bicyclic) bond motifs is 1. The van der Waals surface area contributed by atoms with Gasteiger partial charge in [-0.25, -0.2) is 16.8 Å². The number of thiazole rings is 1. The Bertz CT molecular complexity index is 1450. The third kappa shape index (κ3) is 4.51. The van der Waals surface area contributed by atoms with Crippen LogP contribution in [0, 0.1) is 0 Å². The van der Waals surface area contributed by atoms with Crippen molar-refractivity contribution in [2.24, 2.45) is 0 Å². The van der Waals surface area contributed by atoms with Crippen LogP contribution in [0.25, 0.3) is 10.2 Å². The van der Waals surface area contributed by atoms with Crippen molar-refractivity contribution in [1.82, 2.24) is 8.87 Å². The molecule has 0 bridgehead atoms. The summed E-state index contributed by atoms with van der Waals surface area (Å²) in [5.74, 6) is 0.108. The SMILES string of the molecule is CCn1c(=O)sc2cc(S(=O)(=O)Nc3ccc(OC)c(S(=O)(=O)N4CCOCC4)c3)ccc21. The Morgan fingerprint density at radius 1 is 1.09 bits per heavy atom. The van der Waals surface area contributed by atoms with E-state index in [0.29, 0.717) is 16.8 Å². The van der Waals surface area contributed by atoms with Crippen molar-refractivity contribution in [3.8, 4) is 5.75 Å². The molecular weight excluding hydrogens is 490 g/mol. The Hall–Kier alpha value is -2.45. The minimum Gasteiger partial charge on any atom is -0.495 e. The van der Waals surface area contributed by atoms with Crippen LogP contribution in [0.2, 0.25) is 0 Å². The molecular formula is C20H23N3O7S3. The maximum absolute atomic E-state index is 13.1. The number of rotatable bonds is 7. The molecule has 4 rings (SSSR count). The van der Waals surface area contributed by atoms with E-state index in [1.54, 1.807) is 10.6 Å². The molecule has 33 heavy (non-hydrogen) atoms. The monoisotopic (exact) mass is 513 g/mol. The number of anilines is 1. The van der Waals surface area contributed by atoms with Gasteiger partial charge in [0.15, 0.2) is 0 Å². The summed E-state index contributed by atoms with van der Waals surface area (Å²) in [5, 5.41) is 0. The van der Waals surface area contributed by atoms with E-state index in [2.05, 4.69) is 4.72 Å². The predicted molar refractivity (Wildman–Crippen MR) is 125 cm³/mol. The van der Waals surface area contributed by atoms with E-state index in [4.69, 9.17) is 9.47 Å². The largest absolute Gasteiger partial charge is 0.495 e. The fraction of sp³-hybridized carbons (Fsp3) is 0.350. The number of nitrogens with zero attached hydrogens (tertiary/aromatic N) is 2. The van der Waals surface area contributed by atoms with Gasteiger partial charge in [0.1, 0.15) is 10.6 Å². The van der Waals surface area contributed by atoms with E-state index in [1.807, 2.05) is 6.92 Å². The smallest absolute Gasteiger partial charge is 0.308 e. The summed E-state index contributed by atoms with van der Waals surface area (Å²) in [5.41, 5.74) is 0.733. The summed E-state index contributed by atoms with van der Waals surface area (Å²) < 4.78 is 68.6. The van der Waals surface area contributed by atoms with Gasteiger partial charge in [-0.2, -0.15) is 4.31 Å². The number of sulfonamides is 2. The van der Waals surface area contributed by atoms with E-state index in [0.717, 1.165) is 11.3 Å². The number of aryl methyl sites for hydroxylation is 1. The normalized spacial score (nSPS) is 15.6. The van der Waals surface area contributed by atoms with Crippen molar-refractivity contribution in [3.63, 3.8) is 0 Å². The fourth-order valence-electron chi connectivity index (χ4n) is 3.60. The molecule has 0 radical (unpaired) electrons. The molecule has 0 atom stereocenters. The number of nitrogens with one attached hydrogen (secondary N) is 1. The first kappa shape index (κ1) is 23.7. The fourth-order valence-corrected chi connectivity index (χ4v) is 7.33. The maximum atomic E-state index is 13.1. The van der Waals surface area contributed by atoms with Gasteiger partial charge in [-0.05, 0) is 43.3 Å². The summed E-state index contributed by atoms with van der Waals surface area (Å²) in [6.45, 7) is 3.27. The molecule has 0 unspecified atom stereocenters. The van der Waals surface area contributed by atoms with Gasteiger partial charge >= 0.3 is 4.87 Å². The molecule has 3 aromatic rings. The highest BCUT2D eigenvalue weighted by molar-refractivity contribution is 7.92. The number of hydrogen-bond acceptors (Lipinski definition) is 8. The zero-order valence-corrected chi connectivity index (χ0v) is 20.4. The first-order valence-corrected chi connectivity index (χ1v) is 13.8. The van der Waals surface area contributed by atoms with Crippen LogP contribution < -0.4 is 14.3 Å². The number of benzene rings is 2. The summed E-state index contributed by atoms with van der Waals surface area (Å²) >= 11 is 0.970. The van der Waals surface area contributed by atoms with Crippen LogP contribution in [0.3, 0.4) is 0 Å². The Labute approximate surface area is 195 Å². The standard InChI is InChI=1S/C20H23N3O7S3/c1-3-23-16-6-5-15(13-18(16)31-20(23)24)32(25,26)21-14-4-7-17(29-2)19(12-14)33(27,28)22-8-10-30-11-9-22/h4-7,12-13,21H,3,8-11H2,1-2H3. The first-order chi connectivity index (χ1) is 15.7. The van der Waals surface area contributed by atoms with Gasteiger partial charge in [-0.1, -0.05) is 11.3 Å². The van der Waals surface area contributed by atoms with Crippen LogP contribution in [-0.4, -0.2) is 59.1 Å². The van der Waals surface area contributed by atoms with E-state index < -0.39 is 20.0 Å². The summed E-state index contributed by atoms with van der Waals surface area (Å²) in [4.78, 5) is 11.7. The highest BCUT2D eigenvalue weighted by Crippen LogP contribution is 2.31. The molecule has 1 aliphatic rings. The molecule has 2 aromatic carbocycles.